The first-order chi connectivity index (χ1) is 15.0. The summed E-state index contributed by atoms with van der Waals surface area (Å²) in [6, 6.07) is 8.00. The number of aromatic nitrogens is 6. The lowest BCUT2D eigenvalue weighted by Gasteiger charge is -2.12. The average molecular weight is 416 g/mol. The van der Waals surface area contributed by atoms with E-state index in [-0.39, 0.29) is 11.8 Å². The van der Waals surface area contributed by atoms with Crippen LogP contribution in [0.3, 0.4) is 0 Å². The molecule has 0 atom stereocenters. The molecule has 8 heteroatoms. The van der Waals surface area contributed by atoms with Crippen LogP contribution in [0.4, 0.5) is 5.82 Å². The smallest absolute Gasteiger partial charge is 0.228 e. The van der Waals surface area contributed by atoms with Crippen molar-refractivity contribution in [1.82, 2.24) is 29.5 Å². The lowest BCUT2D eigenvalue weighted by atomic mass is 10.1. The summed E-state index contributed by atoms with van der Waals surface area (Å²) >= 11 is 0. The number of hydrogen-bond acceptors (Lipinski definition) is 5. The fourth-order valence-electron chi connectivity index (χ4n) is 4.31. The van der Waals surface area contributed by atoms with Crippen molar-refractivity contribution in [1.29, 1.82) is 0 Å². The number of nitrogens with one attached hydrogen (secondary N) is 1. The Bertz CT molecular complexity index is 1280. The quantitative estimate of drug-likeness (QED) is 0.543. The van der Waals surface area contributed by atoms with Gasteiger partial charge in [0.15, 0.2) is 11.5 Å². The number of hydrogen-bond donors (Lipinski definition) is 1. The zero-order valence-electron chi connectivity index (χ0n) is 18.0. The van der Waals surface area contributed by atoms with Crippen molar-refractivity contribution in [3.05, 3.63) is 53.6 Å². The fraction of sp³-hybridized carbons (Fsp3) is 0.348. The van der Waals surface area contributed by atoms with Crippen LogP contribution in [-0.2, 0) is 4.79 Å². The topological polar surface area (TPSA) is 90.5 Å². The zero-order valence-corrected chi connectivity index (χ0v) is 18.0. The summed E-state index contributed by atoms with van der Waals surface area (Å²) < 4.78 is 3.51. The first kappa shape index (κ1) is 19.4. The lowest BCUT2D eigenvalue weighted by molar-refractivity contribution is -0.119. The third kappa shape index (κ3) is 3.37. The molecular weight excluding hydrogens is 390 g/mol. The van der Waals surface area contributed by atoms with Gasteiger partial charge in [0.05, 0.1) is 23.0 Å². The van der Waals surface area contributed by atoms with Gasteiger partial charge in [0, 0.05) is 12.0 Å². The molecule has 0 bridgehead atoms. The normalized spacial score (nSPS) is 14.4. The summed E-state index contributed by atoms with van der Waals surface area (Å²) in [6.07, 6.45) is 7.38. The van der Waals surface area contributed by atoms with E-state index >= 15 is 0 Å². The minimum atomic E-state index is 0.0510. The van der Waals surface area contributed by atoms with Crippen molar-refractivity contribution in [2.45, 2.75) is 46.5 Å². The summed E-state index contributed by atoms with van der Waals surface area (Å²) in [4.78, 5) is 21.7. The molecule has 0 unspecified atom stereocenters. The molecule has 0 saturated heterocycles. The number of amides is 1. The monoisotopic (exact) mass is 415 g/mol. The van der Waals surface area contributed by atoms with Crippen molar-refractivity contribution in [2.75, 3.05) is 5.32 Å². The summed E-state index contributed by atoms with van der Waals surface area (Å²) in [5.41, 5.74) is 4.81. The van der Waals surface area contributed by atoms with Gasteiger partial charge >= 0.3 is 0 Å². The Morgan fingerprint density at radius 1 is 1.10 bits per heavy atom. The van der Waals surface area contributed by atoms with Gasteiger partial charge in [-0.3, -0.25) is 4.79 Å². The standard InChI is InChI=1S/C23H25N7O/c1-14-7-6-10-19(16(14)3)29-21-18(12-26-29)22(25-13-24-21)30-20(11-15(2)28-30)27-23(31)17-8-4-5-9-17/h6-7,10-13,17H,4-5,8-9H2,1-3H3,(H,27,31). The summed E-state index contributed by atoms with van der Waals surface area (Å²) in [5, 5.41) is 13.0. The summed E-state index contributed by atoms with van der Waals surface area (Å²) in [6.45, 7) is 6.06. The van der Waals surface area contributed by atoms with Gasteiger partial charge in [0.25, 0.3) is 0 Å². The first-order valence-electron chi connectivity index (χ1n) is 10.7. The highest BCUT2D eigenvalue weighted by atomic mass is 16.2. The predicted octanol–water partition coefficient (Wildman–Crippen LogP) is 4.06. The molecule has 1 saturated carbocycles. The van der Waals surface area contributed by atoms with Gasteiger partial charge < -0.3 is 5.32 Å². The third-order valence-electron chi connectivity index (χ3n) is 6.16. The van der Waals surface area contributed by atoms with Gasteiger partial charge in [-0.15, -0.1) is 0 Å². The molecule has 1 fully saturated rings. The highest BCUT2D eigenvalue weighted by Gasteiger charge is 2.25. The SMILES string of the molecule is Cc1cc(NC(=O)C2CCCC2)n(-c2ncnc3c2cnn3-c2cccc(C)c2C)n1. The molecule has 1 amide bonds. The summed E-state index contributed by atoms with van der Waals surface area (Å²) in [7, 11) is 0. The van der Waals surface area contributed by atoms with E-state index in [1.807, 2.05) is 29.8 Å². The third-order valence-corrected chi connectivity index (χ3v) is 6.16. The first-order valence-corrected chi connectivity index (χ1v) is 10.7. The number of anilines is 1. The molecule has 3 heterocycles. The Balaban J connectivity index is 1.58. The maximum Gasteiger partial charge on any atom is 0.228 e. The second-order valence-corrected chi connectivity index (χ2v) is 8.26. The zero-order chi connectivity index (χ0) is 21.5. The number of rotatable bonds is 4. The van der Waals surface area contributed by atoms with Crippen molar-refractivity contribution >= 4 is 22.8 Å². The number of carbonyl (C=O) groups is 1. The van der Waals surface area contributed by atoms with Crippen LogP contribution < -0.4 is 5.32 Å². The maximum absolute atomic E-state index is 12.7. The molecule has 0 aliphatic heterocycles. The lowest BCUT2D eigenvalue weighted by Crippen LogP contribution is -2.22. The molecule has 158 valence electrons. The van der Waals surface area contributed by atoms with E-state index in [0.717, 1.165) is 48.0 Å². The van der Waals surface area contributed by atoms with Crippen LogP contribution in [0.1, 0.15) is 42.5 Å². The van der Waals surface area contributed by atoms with Gasteiger partial charge in [0.2, 0.25) is 5.91 Å². The fourth-order valence-corrected chi connectivity index (χ4v) is 4.31. The number of aryl methyl sites for hydroxylation is 2. The Morgan fingerprint density at radius 2 is 1.90 bits per heavy atom. The van der Waals surface area contributed by atoms with Gasteiger partial charge in [-0.25, -0.2) is 14.6 Å². The molecule has 1 aliphatic rings. The highest BCUT2D eigenvalue weighted by Crippen LogP contribution is 2.28. The second-order valence-electron chi connectivity index (χ2n) is 8.26. The highest BCUT2D eigenvalue weighted by molar-refractivity contribution is 5.93. The molecule has 1 aliphatic carbocycles. The Morgan fingerprint density at radius 3 is 2.71 bits per heavy atom. The Kier molecular flexibility index (Phi) is 4.77. The minimum Gasteiger partial charge on any atom is -0.310 e. The largest absolute Gasteiger partial charge is 0.310 e. The Labute approximate surface area is 180 Å². The van der Waals surface area contributed by atoms with Crippen LogP contribution in [0, 0.1) is 26.7 Å². The van der Waals surface area contributed by atoms with Crippen LogP contribution in [-0.4, -0.2) is 35.4 Å². The van der Waals surface area contributed by atoms with E-state index < -0.39 is 0 Å². The number of nitrogens with zero attached hydrogens (tertiary/aromatic N) is 6. The average Bonchev–Trinajstić information content (AvgIpc) is 3.50. The van der Waals surface area contributed by atoms with Gasteiger partial charge in [-0.1, -0.05) is 25.0 Å². The van der Waals surface area contributed by atoms with Gasteiger partial charge in [-0.2, -0.15) is 14.9 Å². The summed E-state index contributed by atoms with van der Waals surface area (Å²) in [5.74, 6) is 1.33. The van der Waals surface area contributed by atoms with Crippen molar-refractivity contribution in [3.8, 4) is 11.5 Å². The van der Waals surface area contributed by atoms with Crippen LogP contribution >= 0.6 is 0 Å². The maximum atomic E-state index is 12.7. The van der Waals surface area contributed by atoms with Gasteiger partial charge in [0.1, 0.15) is 12.1 Å². The predicted molar refractivity (Wildman–Crippen MR) is 119 cm³/mol. The minimum absolute atomic E-state index is 0.0510. The van der Waals surface area contributed by atoms with Crippen molar-refractivity contribution in [2.24, 2.45) is 5.92 Å². The van der Waals surface area contributed by atoms with E-state index in [2.05, 4.69) is 45.4 Å². The van der Waals surface area contributed by atoms with E-state index in [0.29, 0.717) is 17.3 Å². The van der Waals surface area contributed by atoms with E-state index in [1.165, 1.54) is 11.9 Å². The molecule has 4 aromatic rings. The number of fused-ring (bicyclic) bond motifs is 1. The molecule has 1 N–H and O–H groups in total. The molecular formula is C23H25N7O. The number of carbonyl (C=O) groups excluding carboxylic acids is 1. The molecule has 5 rings (SSSR count). The van der Waals surface area contributed by atoms with Crippen LogP contribution in [0.25, 0.3) is 22.5 Å². The van der Waals surface area contributed by atoms with Crippen molar-refractivity contribution < 1.29 is 4.79 Å². The van der Waals surface area contributed by atoms with Crippen molar-refractivity contribution in [3.63, 3.8) is 0 Å². The van der Waals surface area contributed by atoms with Gasteiger partial charge in [-0.05, 0) is 50.8 Å². The molecule has 3 aromatic heterocycles. The van der Waals surface area contributed by atoms with Crippen LogP contribution in [0.15, 0.2) is 36.8 Å². The molecule has 1 aromatic carbocycles. The van der Waals surface area contributed by atoms with Crippen LogP contribution in [0.5, 0.6) is 0 Å². The molecule has 0 radical (unpaired) electrons. The number of benzene rings is 1. The molecule has 0 spiro atoms. The van der Waals surface area contributed by atoms with E-state index in [9.17, 15) is 4.79 Å². The molecule has 8 nitrogen and oxygen atoms in total. The van der Waals surface area contributed by atoms with E-state index in [4.69, 9.17) is 0 Å². The Hall–Kier alpha value is -3.55. The second kappa shape index (κ2) is 7.61. The van der Waals surface area contributed by atoms with E-state index in [1.54, 1.807) is 10.9 Å². The molecule has 31 heavy (non-hydrogen) atoms. The van der Waals surface area contributed by atoms with Crippen LogP contribution in [0.2, 0.25) is 0 Å².